The second-order valence-electron chi connectivity index (χ2n) is 3.43. The highest BCUT2D eigenvalue weighted by Gasteiger charge is 2.15. The topological polar surface area (TPSA) is 24.9 Å². The van der Waals surface area contributed by atoms with Gasteiger partial charge >= 0.3 is 0 Å². The van der Waals surface area contributed by atoms with Crippen LogP contribution in [0.15, 0.2) is 18.2 Å². The van der Waals surface area contributed by atoms with Crippen molar-refractivity contribution in [1.82, 2.24) is 4.98 Å². The first-order valence-corrected chi connectivity index (χ1v) is 4.78. The molecule has 2 rings (SSSR count). The molecule has 0 unspecified atom stereocenters. The third-order valence-corrected chi connectivity index (χ3v) is 2.34. The number of nitrogens with zero attached hydrogens (tertiary/aromatic N) is 1. The third-order valence-electron chi connectivity index (χ3n) is 2.34. The van der Waals surface area contributed by atoms with E-state index in [1.54, 1.807) is 0 Å². The quantitative estimate of drug-likeness (QED) is 0.818. The average molecular weight is 244 g/mol. The van der Waals surface area contributed by atoms with E-state index in [1.807, 2.05) is 0 Å². The normalized spacial score (nSPS) is 11.2. The average Bonchev–Trinajstić information content (AvgIpc) is 2.27. The summed E-state index contributed by atoms with van der Waals surface area (Å²) < 4.78 is 51.5. The smallest absolute Gasteiger partial charge is 0.280 e. The Kier molecular flexibility index (Phi) is 2.87. The highest BCUT2D eigenvalue weighted by Crippen LogP contribution is 2.29. The summed E-state index contributed by atoms with van der Waals surface area (Å²) in [4.78, 5) is 3.49. The van der Waals surface area contributed by atoms with Crippen molar-refractivity contribution in [3.8, 4) is 0 Å². The van der Waals surface area contributed by atoms with E-state index in [-0.39, 0.29) is 16.6 Å². The Morgan fingerprint density at radius 2 is 1.88 bits per heavy atom. The zero-order chi connectivity index (χ0) is 12.6. The van der Waals surface area contributed by atoms with Crippen LogP contribution in [0.2, 0.25) is 0 Å². The van der Waals surface area contributed by atoms with Crippen LogP contribution in [0.25, 0.3) is 10.9 Å². The zero-order valence-corrected chi connectivity index (χ0v) is 8.77. The number of aromatic nitrogens is 1. The van der Waals surface area contributed by atoms with Crippen LogP contribution in [0.3, 0.4) is 0 Å². The molecule has 17 heavy (non-hydrogen) atoms. The van der Waals surface area contributed by atoms with Crippen molar-refractivity contribution in [1.29, 1.82) is 0 Å². The Balaban J connectivity index is 2.82. The van der Waals surface area contributed by atoms with Gasteiger partial charge < -0.3 is 5.32 Å². The van der Waals surface area contributed by atoms with Crippen LogP contribution in [0, 0.1) is 11.6 Å². The van der Waals surface area contributed by atoms with Crippen molar-refractivity contribution >= 4 is 16.6 Å². The second-order valence-corrected chi connectivity index (χ2v) is 3.43. The van der Waals surface area contributed by atoms with Crippen molar-refractivity contribution in [3.05, 3.63) is 35.5 Å². The SMILES string of the molecule is CNc1cc(C(F)F)nc2c(F)cc(F)cc12. The zero-order valence-electron chi connectivity index (χ0n) is 8.77. The number of fused-ring (bicyclic) bond motifs is 1. The molecule has 0 bridgehead atoms. The fourth-order valence-corrected chi connectivity index (χ4v) is 1.59. The summed E-state index contributed by atoms with van der Waals surface area (Å²) in [6.45, 7) is 0. The standard InChI is InChI=1S/C11H8F4N2/c1-16-8-4-9(11(14)15)17-10-6(8)2-5(12)3-7(10)13/h2-4,11H,1H3,(H,16,17). The van der Waals surface area contributed by atoms with E-state index in [2.05, 4.69) is 10.3 Å². The van der Waals surface area contributed by atoms with Gasteiger partial charge in [0.15, 0.2) is 5.82 Å². The summed E-state index contributed by atoms with van der Waals surface area (Å²) in [6, 6.07) is 2.74. The molecule has 0 atom stereocenters. The van der Waals surface area contributed by atoms with Gasteiger partial charge in [0.25, 0.3) is 6.43 Å². The summed E-state index contributed by atoms with van der Waals surface area (Å²) >= 11 is 0. The molecule has 0 aliphatic carbocycles. The van der Waals surface area contributed by atoms with Gasteiger partial charge in [-0.15, -0.1) is 0 Å². The van der Waals surface area contributed by atoms with Crippen LogP contribution in [-0.2, 0) is 0 Å². The predicted octanol–water partition coefficient (Wildman–Crippen LogP) is 3.49. The molecular weight excluding hydrogens is 236 g/mol. The van der Waals surface area contributed by atoms with Crippen LogP contribution in [-0.4, -0.2) is 12.0 Å². The van der Waals surface area contributed by atoms with E-state index in [0.29, 0.717) is 6.07 Å². The van der Waals surface area contributed by atoms with Gasteiger partial charge in [-0.2, -0.15) is 0 Å². The highest BCUT2D eigenvalue weighted by atomic mass is 19.3. The van der Waals surface area contributed by atoms with Gasteiger partial charge in [0.05, 0.1) is 0 Å². The summed E-state index contributed by atoms with van der Waals surface area (Å²) in [5.74, 6) is -1.74. The van der Waals surface area contributed by atoms with Gasteiger partial charge in [0.1, 0.15) is 17.0 Å². The number of hydrogen-bond donors (Lipinski definition) is 1. The molecule has 0 spiro atoms. The lowest BCUT2D eigenvalue weighted by Gasteiger charge is -2.09. The fourth-order valence-electron chi connectivity index (χ4n) is 1.59. The van der Waals surface area contributed by atoms with Gasteiger partial charge in [-0.05, 0) is 12.1 Å². The Morgan fingerprint density at radius 3 is 2.47 bits per heavy atom. The third kappa shape index (κ3) is 2.02. The van der Waals surface area contributed by atoms with E-state index in [4.69, 9.17) is 0 Å². The Bertz CT molecular complexity index is 569. The number of halogens is 4. The van der Waals surface area contributed by atoms with E-state index in [1.165, 1.54) is 7.05 Å². The minimum Gasteiger partial charge on any atom is -0.388 e. The minimum atomic E-state index is -2.81. The van der Waals surface area contributed by atoms with Crippen LogP contribution in [0.5, 0.6) is 0 Å². The van der Waals surface area contributed by atoms with Gasteiger partial charge in [0.2, 0.25) is 0 Å². The molecule has 2 aromatic rings. The fraction of sp³-hybridized carbons (Fsp3) is 0.182. The monoisotopic (exact) mass is 244 g/mol. The number of pyridine rings is 1. The van der Waals surface area contributed by atoms with E-state index in [9.17, 15) is 17.6 Å². The maximum absolute atomic E-state index is 13.4. The molecule has 0 aliphatic rings. The van der Waals surface area contributed by atoms with Crippen molar-refractivity contribution in [2.45, 2.75) is 6.43 Å². The second kappa shape index (κ2) is 4.20. The van der Waals surface area contributed by atoms with Gasteiger partial charge in [-0.3, -0.25) is 0 Å². The number of hydrogen-bond acceptors (Lipinski definition) is 2. The molecule has 90 valence electrons. The molecule has 0 saturated heterocycles. The molecule has 2 nitrogen and oxygen atoms in total. The Labute approximate surface area is 94.3 Å². The van der Waals surface area contributed by atoms with Crippen LogP contribution >= 0.6 is 0 Å². The summed E-state index contributed by atoms with van der Waals surface area (Å²) in [5.41, 5.74) is -0.607. The van der Waals surface area contributed by atoms with E-state index >= 15 is 0 Å². The number of alkyl halides is 2. The molecule has 1 aromatic heterocycles. The highest BCUT2D eigenvalue weighted by molar-refractivity contribution is 5.91. The molecule has 0 amide bonds. The molecule has 0 saturated carbocycles. The predicted molar refractivity (Wildman–Crippen MR) is 56.2 cm³/mol. The van der Waals surface area contributed by atoms with Crippen LogP contribution < -0.4 is 5.32 Å². The summed E-state index contributed by atoms with van der Waals surface area (Å²) in [7, 11) is 1.48. The largest absolute Gasteiger partial charge is 0.388 e. The molecule has 1 aromatic carbocycles. The molecule has 0 fully saturated rings. The Morgan fingerprint density at radius 1 is 1.18 bits per heavy atom. The molecule has 0 radical (unpaired) electrons. The number of anilines is 1. The molecule has 6 heteroatoms. The van der Waals surface area contributed by atoms with E-state index < -0.39 is 23.8 Å². The first-order valence-electron chi connectivity index (χ1n) is 4.78. The maximum Gasteiger partial charge on any atom is 0.280 e. The summed E-state index contributed by atoms with van der Waals surface area (Å²) in [6.07, 6.45) is -2.81. The van der Waals surface area contributed by atoms with Crippen molar-refractivity contribution in [2.24, 2.45) is 0 Å². The van der Waals surface area contributed by atoms with Crippen LogP contribution in [0.1, 0.15) is 12.1 Å². The Hall–Kier alpha value is -1.85. The molecule has 1 N–H and O–H groups in total. The number of benzene rings is 1. The number of rotatable bonds is 2. The van der Waals surface area contributed by atoms with Crippen molar-refractivity contribution in [3.63, 3.8) is 0 Å². The maximum atomic E-state index is 13.4. The molecule has 0 aliphatic heterocycles. The van der Waals surface area contributed by atoms with Gasteiger partial charge in [0, 0.05) is 24.2 Å². The van der Waals surface area contributed by atoms with Crippen molar-refractivity contribution in [2.75, 3.05) is 12.4 Å². The summed E-state index contributed by atoms with van der Waals surface area (Å²) in [5, 5.41) is 2.75. The number of nitrogens with one attached hydrogen (secondary N) is 1. The first kappa shape index (κ1) is 11.6. The lowest BCUT2D eigenvalue weighted by molar-refractivity contribution is 0.146. The minimum absolute atomic E-state index is 0.134. The molecule has 1 heterocycles. The lowest BCUT2D eigenvalue weighted by Crippen LogP contribution is -1.99. The van der Waals surface area contributed by atoms with Gasteiger partial charge in [-0.25, -0.2) is 22.5 Å². The van der Waals surface area contributed by atoms with Crippen LogP contribution in [0.4, 0.5) is 23.2 Å². The molecular formula is C11H8F4N2. The lowest BCUT2D eigenvalue weighted by atomic mass is 10.1. The first-order chi connectivity index (χ1) is 8.02. The van der Waals surface area contributed by atoms with Gasteiger partial charge in [-0.1, -0.05) is 0 Å². The van der Waals surface area contributed by atoms with E-state index in [0.717, 1.165) is 12.1 Å². The van der Waals surface area contributed by atoms with Crippen molar-refractivity contribution < 1.29 is 17.6 Å².